The highest BCUT2D eigenvalue weighted by atomic mass is 19.1. The zero-order valence-corrected chi connectivity index (χ0v) is 28.0. The van der Waals surface area contributed by atoms with Crippen molar-refractivity contribution in [3.05, 3.63) is 153 Å². The molecule has 0 bridgehead atoms. The van der Waals surface area contributed by atoms with Crippen LogP contribution in [0.3, 0.4) is 0 Å². The van der Waals surface area contributed by atoms with Crippen LogP contribution in [0.1, 0.15) is 83.2 Å². The van der Waals surface area contributed by atoms with Gasteiger partial charge < -0.3 is 4.90 Å². The van der Waals surface area contributed by atoms with Gasteiger partial charge in [-0.2, -0.15) is 0 Å². The van der Waals surface area contributed by atoms with Crippen LogP contribution in [0.5, 0.6) is 0 Å². The molecule has 0 saturated heterocycles. The molecule has 48 heavy (non-hydrogen) atoms. The summed E-state index contributed by atoms with van der Waals surface area (Å²) in [5, 5.41) is 3.95. The van der Waals surface area contributed by atoms with Crippen LogP contribution in [-0.4, -0.2) is 11.6 Å². The van der Waals surface area contributed by atoms with E-state index in [1.807, 2.05) is 54.6 Å². The molecule has 6 aromatic carbocycles. The molecule has 2 aliphatic rings. The van der Waals surface area contributed by atoms with E-state index in [9.17, 15) is 9.59 Å². The minimum Gasteiger partial charge on any atom is -0.310 e. The summed E-state index contributed by atoms with van der Waals surface area (Å²) < 4.78 is 15.1. The SMILES string of the molecule is Cc1ccc(N2c3ccc(C(C)(C)C)cc3C(C)(C)c3c2ccc2cc(C=C4C(=O)c5cc6ccccc6cc5C4=O)ccc32)cc1F. The standard InChI is InChI=1S/C44H36FNO2/c1-25-11-15-31(24-37(25)45)46-38-18-14-30(43(2,3)4)23-36(38)44(5,6)40-32-16-12-26(19-29(32)13-17-39(40)46)20-35-41(47)33-21-27-9-7-8-10-28(27)22-34(33)42(35)48/h7-24H,1-6H3. The van der Waals surface area contributed by atoms with Gasteiger partial charge in [-0.1, -0.05) is 95.3 Å². The Hall–Kier alpha value is -5.35. The van der Waals surface area contributed by atoms with Crippen LogP contribution in [-0.2, 0) is 10.8 Å². The van der Waals surface area contributed by atoms with E-state index in [4.69, 9.17) is 0 Å². The van der Waals surface area contributed by atoms with Gasteiger partial charge in [-0.15, -0.1) is 0 Å². The number of rotatable bonds is 2. The normalized spacial score (nSPS) is 15.1. The maximum Gasteiger partial charge on any atom is 0.197 e. The molecule has 0 amide bonds. The number of allylic oxidation sites excluding steroid dienone is 1. The van der Waals surface area contributed by atoms with E-state index < -0.39 is 0 Å². The molecule has 8 rings (SSSR count). The van der Waals surface area contributed by atoms with Gasteiger partial charge in [0.05, 0.1) is 16.9 Å². The molecule has 0 aromatic heterocycles. The van der Waals surface area contributed by atoms with Crippen molar-refractivity contribution >= 4 is 56.2 Å². The summed E-state index contributed by atoms with van der Waals surface area (Å²) in [6, 6.07) is 33.9. The summed E-state index contributed by atoms with van der Waals surface area (Å²) >= 11 is 0. The van der Waals surface area contributed by atoms with E-state index in [1.165, 1.54) is 11.1 Å². The lowest BCUT2D eigenvalue weighted by Gasteiger charge is -2.43. The van der Waals surface area contributed by atoms with Crippen molar-refractivity contribution in [2.75, 3.05) is 4.90 Å². The maximum absolute atomic E-state index is 15.1. The molecule has 1 heterocycles. The van der Waals surface area contributed by atoms with Gasteiger partial charge in [-0.3, -0.25) is 9.59 Å². The monoisotopic (exact) mass is 629 g/mol. The molecule has 0 N–H and O–H groups in total. The van der Waals surface area contributed by atoms with Gasteiger partial charge in [-0.05, 0) is 110 Å². The molecule has 1 aliphatic heterocycles. The van der Waals surface area contributed by atoms with E-state index in [0.29, 0.717) is 16.7 Å². The predicted octanol–water partition coefficient (Wildman–Crippen LogP) is 11.3. The quantitative estimate of drug-likeness (QED) is 0.141. The van der Waals surface area contributed by atoms with Gasteiger partial charge in [0.1, 0.15) is 5.82 Å². The fourth-order valence-electron chi connectivity index (χ4n) is 7.54. The molecule has 0 spiro atoms. The highest BCUT2D eigenvalue weighted by Crippen LogP contribution is 2.54. The Balaban J connectivity index is 1.29. The number of Topliss-reactive ketones (excluding diaryl/α,β-unsaturated/α-hetero) is 2. The summed E-state index contributed by atoms with van der Waals surface area (Å²) in [4.78, 5) is 29.2. The van der Waals surface area contributed by atoms with E-state index in [1.54, 1.807) is 19.1 Å². The summed E-state index contributed by atoms with van der Waals surface area (Å²) in [6.07, 6.45) is 1.73. The molecule has 236 valence electrons. The maximum atomic E-state index is 15.1. The van der Waals surface area contributed by atoms with E-state index in [0.717, 1.165) is 49.7 Å². The second-order valence-electron chi connectivity index (χ2n) is 14.8. The van der Waals surface area contributed by atoms with E-state index in [-0.39, 0.29) is 33.8 Å². The third kappa shape index (κ3) is 4.46. The van der Waals surface area contributed by atoms with Gasteiger partial charge in [-0.25, -0.2) is 4.39 Å². The largest absolute Gasteiger partial charge is 0.310 e. The number of benzene rings is 6. The molecular weight excluding hydrogens is 593 g/mol. The first kappa shape index (κ1) is 30.0. The first-order chi connectivity index (χ1) is 22.8. The average Bonchev–Trinajstić information content (AvgIpc) is 3.28. The molecular formula is C44H36FNO2. The third-order valence-corrected chi connectivity index (χ3v) is 10.3. The molecule has 0 radical (unpaired) electrons. The van der Waals surface area contributed by atoms with E-state index >= 15 is 4.39 Å². The molecule has 6 aromatic rings. The molecule has 0 atom stereocenters. The Morgan fingerprint density at radius 3 is 2.02 bits per heavy atom. The second kappa shape index (κ2) is 10.3. The lowest BCUT2D eigenvalue weighted by molar-refractivity contribution is 0.0990. The summed E-state index contributed by atoms with van der Waals surface area (Å²) in [5.41, 5.74) is 8.44. The molecule has 4 heteroatoms. The van der Waals surface area contributed by atoms with Gasteiger partial charge in [0.15, 0.2) is 11.6 Å². The van der Waals surface area contributed by atoms with Crippen LogP contribution in [0.15, 0.2) is 109 Å². The zero-order chi connectivity index (χ0) is 33.7. The van der Waals surface area contributed by atoms with Crippen molar-refractivity contribution < 1.29 is 14.0 Å². The second-order valence-corrected chi connectivity index (χ2v) is 14.8. The highest BCUT2D eigenvalue weighted by molar-refractivity contribution is 6.42. The number of aryl methyl sites for hydroxylation is 1. The van der Waals surface area contributed by atoms with Crippen LogP contribution < -0.4 is 4.90 Å². The van der Waals surface area contributed by atoms with Crippen LogP contribution in [0, 0.1) is 12.7 Å². The number of hydrogen-bond acceptors (Lipinski definition) is 3. The fourth-order valence-corrected chi connectivity index (χ4v) is 7.54. The van der Waals surface area contributed by atoms with E-state index in [2.05, 4.69) is 82.0 Å². The number of anilines is 3. The van der Waals surface area contributed by atoms with Crippen molar-refractivity contribution in [2.45, 2.75) is 52.4 Å². The smallest absolute Gasteiger partial charge is 0.197 e. The number of carbonyl (C=O) groups excluding carboxylic acids is 2. The van der Waals surface area contributed by atoms with Crippen molar-refractivity contribution in [3.63, 3.8) is 0 Å². The van der Waals surface area contributed by atoms with Gasteiger partial charge in [0.25, 0.3) is 0 Å². The lowest BCUT2D eigenvalue weighted by Crippen LogP contribution is -2.31. The Kier molecular flexibility index (Phi) is 6.45. The number of nitrogens with zero attached hydrogens (tertiary/aromatic N) is 1. The molecule has 0 unspecified atom stereocenters. The zero-order valence-electron chi connectivity index (χ0n) is 28.0. The molecule has 0 saturated carbocycles. The average molecular weight is 630 g/mol. The first-order valence-corrected chi connectivity index (χ1v) is 16.5. The Morgan fingerprint density at radius 2 is 1.38 bits per heavy atom. The van der Waals surface area contributed by atoms with Gasteiger partial charge in [0, 0.05) is 22.2 Å². The first-order valence-electron chi connectivity index (χ1n) is 16.5. The van der Waals surface area contributed by atoms with Crippen molar-refractivity contribution in [3.8, 4) is 0 Å². The lowest BCUT2D eigenvalue weighted by atomic mass is 9.70. The number of fused-ring (bicyclic) bond motifs is 6. The number of carbonyl (C=O) groups is 2. The minimum absolute atomic E-state index is 0.0468. The summed E-state index contributed by atoms with van der Waals surface area (Å²) in [7, 11) is 0. The minimum atomic E-state index is -0.383. The van der Waals surface area contributed by atoms with Crippen molar-refractivity contribution in [1.82, 2.24) is 0 Å². The van der Waals surface area contributed by atoms with Crippen LogP contribution in [0.25, 0.3) is 27.6 Å². The van der Waals surface area contributed by atoms with Crippen molar-refractivity contribution in [2.24, 2.45) is 0 Å². The number of halogens is 1. The van der Waals surface area contributed by atoms with Gasteiger partial charge in [0.2, 0.25) is 0 Å². The molecule has 1 aliphatic carbocycles. The van der Waals surface area contributed by atoms with Crippen LogP contribution >= 0.6 is 0 Å². The predicted molar refractivity (Wildman–Crippen MR) is 195 cm³/mol. The van der Waals surface area contributed by atoms with Crippen LogP contribution in [0.2, 0.25) is 0 Å². The number of ketones is 2. The third-order valence-electron chi connectivity index (χ3n) is 10.3. The topological polar surface area (TPSA) is 37.4 Å². The Labute approximate surface area is 280 Å². The Bertz CT molecular complexity index is 2370. The summed E-state index contributed by atoms with van der Waals surface area (Å²) in [6.45, 7) is 13.0. The van der Waals surface area contributed by atoms with Crippen LogP contribution in [0.4, 0.5) is 21.5 Å². The highest BCUT2D eigenvalue weighted by Gasteiger charge is 2.39. The fraction of sp³-hybridized carbons (Fsp3) is 0.182. The Morgan fingerprint density at radius 1 is 0.708 bits per heavy atom. The number of hydrogen-bond donors (Lipinski definition) is 0. The molecule has 0 fully saturated rings. The summed E-state index contributed by atoms with van der Waals surface area (Å²) in [5.74, 6) is -0.712. The molecule has 3 nitrogen and oxygen atoms in total. The van der Waals surface area contributed by atoms with Gasteiger partial charge >= 0.3 is 0 Å². The van der Waals surface area contributed by atoms with Crippen molar-refractivity contribution in [1.29, 1.82) is 0 Å².